The molecule has 1 amide bonds. The molecule has 1 atom stereocenters. The number of carbonyl (C=O) groups excluding carboxylic acids is 1. The van der Waals surface area contributed by atoms with Crippen LogP contribution in [0.2, 0.25) is 0 Å². The van der Waals surface area contributed by atoms with Gasteiger partial charge >= 0.3 is 0 Å². The Bertz CT molecular complexity index is 266. The van der Waals surface area contributed by atoms with E-state index in [0.717, 1.165) is 31.5 Å². The van der Waals surface area contributed by atoms with Crippen LogP contribution in [0.3, 0.4) is 0 Å². The Morgan fingerprint density at radius 2 is 1.95 bits per heavy atom. The molecule has 2 N–H and O–H groups in total. The zero-order valence-corrected chi connectivity index (χ0v) is 12.4. The van der Waals surface area contributed by atoms with Crippen LogP contribution >= 0.6 is 0 Å². The average molecular weight is 266 g/mol. The van der Waals surface area contributed by atoms with Crippen molar-refractivity contribution in [3.63, 3.8) is 0 Å². The average Bonchev–Trinajstić information content (AvgIpc) is 2.42. The number of nitrogens with one attached hydrogen (secondary N) is 2. The van der Waals surface area contributed by atoms with E-state index < -0.39 is 0 Å². The van der Waals surface area contributed by atoms with Crippen molar-refractivity contribution in [2.75, 3.05) is 19.6 Å². The molecule has 0 aromatic heterocycles. The van der Waals surface area contributed by atoms with Crippen LogP contribution in [0.15, 0.2) is 0 Å². The molecule has 3 nitrogen and oxygen atoms in total. The van der Waals surface area contributed by atoms with E-state index in [0.29, 0.717) is 12.3 Å². The lowest BCUT2D eigenvalue weighted by molar-refractivity contribution is -0.122. The third kappa shape index (κ3) is 5.52. The molecule has 1 aliphatic carbocycles. The van der Waals surface area contributed by atoms with Gasteiger partial charge in [-0.3, -0.25) is 4.79 Å². The lowest BCUT2D eigenvalue weighted by atomic mass is 9.81. The summed E-state index contributed by atoms with van der Waals surface area (Å²) < 4.78 is 0. The van der Waals surface area contributed by atoms with E-state index in [2.05, 4.69) is 17.6 Å². The summed E-state index contributed by atoms with van der Waals surface area (Å²) in [4.78, 5) is 11.9. The van der Waals surface area contributed by atoms with Gasteiger partial charge in [-0.15, -0.1) is 0 Å². The maximum Gasteiger partial charge on any atom is 0.220 e. The fraction of sp³-hybridized carbons (Fsp3) is 0.938. The largest absolute Gasteiger partial charge is 0.356 e. The molecule has 1 aliphatic heterocycles. The van der Waals surface area contributed by atoms with Gasteiger partial charge in [0.1, 0.15) is 0 Å². The molecule has 0 spiro atoms. The normalized spacial score (nSPS) is 31.9. The second-order valence-corrected chi connectivity index (χ2v) is 6.68. The van der Waals surface area contributed by atoms with E-state index in [4.69, 9.17) is 0 Å². The molecule has 110 valence electrons. The minimum absolute atomic E-state index is 0.262. The Kier molecular flexibility index (Phi) is 6.15. The first-order valence-electron chi connectivity index (χ1n) is 8.21. The summed E-state index contributed by atoms with van der Waals surface area (Å²) in [6.07, 6.45) is 9.82. The van der Waals surface area contributed by atoms with Crippen LogP contribution in [-0.4, -0.2) is 25.5 Å². The molecular weight excluding hydrogens is 236 g/mol. The van der Waals surface area contributed by atoms with Crippen LogP contribution in [0, 0.1) is 17.8 Å². The van der Waals surface area contributed by atoms with E-state index in [-0.39, 0.29) is 5.91 Å². The molecule has 3 heteroatoms. The van der Waals surface area contributed by atoms with Crippen LogP contribution in [0.5, 0.6) is 0 Å². The predicted molar refractivity (Wildman–Crippen MR) is 79.0 cm³/mol. The number of rotatable bonds is 5. The van der Waals surface area contributed by atoms with E-state index in [1.807, 2.05) is 0 Å². The van der Waals surface area contributed by atoms with E-state index in [1.54, 1.807) is 0 Å². The minimum atomic E-state index is 0.262. The predicted octanol–water partition coefficient (Wildman–Crippen LogP) is 2.71. The van der Waals surface area contributed by atoms with Gasteiger partial charge in [0.05, 0.1) is 0 Å². The molecule has 0 radical (unpaired) electrons. The first-order valence-corrected chi connectivity index (χ1v) is 8.21. The highest BCUT2D eigenvalue weighted by Crippen LogP contribution is 2.29. The van der Waals surface area contributed by atoms with Crippen molar-refractivity contribution < 1.29 is 4.79 Å². The molecule has 0 aromatic rings. The molecular formula is C16H30N2O. The van der Waals surface area contributed by atoms with Crippen molar-refractivity contribution in [1.29, 1.82) is 0 Å². The molecule has 1 saturated heterocycles. The third-order valence-corrected chi connectivity index (χ3v) is 4.88. The van der Waals surface area contributed by atoms with Crippen LogP contribution in [0.25, 0.3) is 0 Å². The third-order valence-electron chi connectivity index (χ3n) is 4.88. The fourth-order valence-corrected chi connectivity index (χ4v) is 3.47. The SMILES string of the molecule is CC1CCC(CCNC(=O)CC2CCCNC2)CC1. The van der Waals surface area contributed by atoms with Gasteiger partial charge in [0.15, 0.2) is 0 Å². The lowest BCUT2D eigenvalue weighted by Crippen LogP contribution is -2.34. The van der Waals surface area contributed by atoms with E-state index in [1.165, 1.54) is 44.9 Å². The highest BCUT2D eigenvalue weighted by molar-refractivity contribution is 5.76. The molecule has 2 fully saturated rings. The van der Waals surface area contributed by atoms with Crippen molar-refractivity contribution in [3.05, 3.63) is 0 Å². The molecule has 2 aliphatic rings. The molecule has 1 saturated carbocycles. The minimum Gasteiger partial charge on any atom is -0.356 e. The second-order valence-electron chi connectivity index (χ2n) is 6.68. The summed E-state index contributed by atoms with van der Waals surface area (Å²) in [5.74, 6) is 2.60. The Labute approximate surface area is 117 Å². The highest BCUT2D eigenvalue weighted by Gasteiger charge is 2.19. The first-order chi connectivity index (χ1) is 9.24. The van der Waals surface area contributed by atoms with E-state index >= 15 is 0 Å². The quantitative estimate of drug-likeness (QED) is 0.803. The topological polar surface area (TPSA) is 41.1 Å². The fourth-order valence-electron chi connectivity index (χ4n) is 3.47. The smallest absolute Gasteiger partial charge is 0.220 e. The van der Waals surface area contributed by atoms with Crippen molar-refractivity contribution >= 4 is 5.91 Å². The maximum absolute atomic E-state index is 11.9. The molecule has 0 bridgehead atoms. The molecule has 2 rings (SSSR count). The van der Waals surface area contributed by atoms with Crippen LogP contribution < -0.4 is 10.6 Å². The summed E-state index contributed by atoms with van der Waals surface area (Å²) in [5, 5.41) is 6.49. The second kappa shape index (κ2) is 7.88. The van der Waals surface area contributed by atoms with Gasteiger partial charge in [-0.05, 0) is 50.1 Å². The number of carbonyl (C=O) groups is 1. The van der Waals surface area contributed by atoms with Gasteiger partial charge in [-0.25, -0.2) is 0 Å². The van der Waals surface area contributed by atoms with Gasteiger partial charge in [-0.2, -0.15) is 0 Å². The Morgan fingerprint density at radius 3 is 2.63 bits per heavy atom. The van der Waals surface area contributed by atoms with E-state index in [9.17, 15) is 4.79 Å². The Morgan fingerprint density at radius 1 is 1.16 bits per heavy atom. The summed E-state index contributed by atoms with van der Waals surface area (Å²) in [6.45, 7) is 5.39. The first kappa shape index (κ1) is 14.8. The monoisotopic (exact) mass is 266 g/mol. The number of amides is 1. The standard InChI is InChI=1S/C16H30N2O/c1-13-4-6-14(7-5-13)8-10-18-16(19)11-15-3-2-9-17-12-15/h13-15,17H,2-12H2,1H3,(H,18,19). The van der Waals surface area contributed by atoms with Crippen molar-refractivity contribution in [2.45, 2.75) is 58.3 Å². The molecule has 0 aromatic carbocycles. The van der Waals surface area contributed by atoms with Gasteiger partial charge in [0.25, 0.3) is 0 Å². The number of piperidine rings is 1. The zero-order valence-electron chi connectivity index (χ0n) is 12.4. The number of hydrogen-bond acceptors (Lipinski definition) is 2. The molecule has 1 unspecified atom stereocenters. The van der Waals surface area contributed by atoms with Gasteiger partial charge in [0.2, 0.25) is 5.91 Å². The zero-order chi connectivity index (χ0) is 13.5. The van der Waals surface area contributed by atoms with Gasteiger partial charge in [0, 0.05) is 13.0 Å². The summed E-state index contributed by atoms with van der Waals surface area (Å²) >= 11 is 0. The molecule has 1 heterocycles. The van der Waals surface area contributed by atoms with Crippen LogP contribution in [0.1, 0.15) is 58.3 Å². The summed E-state index contributed by atoms with van der Waals surface area (Å²) in [6, 6.07) is 0. The number of hydrogen-bond donors (Lipinski definition) is 2. The van der Waals surface area contributed by atoms with Crippen LogP contribution in [-0.2, 0) is 4.79 Å². The maximum atomic E-state index is 11.9. The van der Waals surface area contributed by atoms with Crippen molar-refractivity contribution in [1.82, 2.24) is 10.6 Å². The van der Waals surface area contributed by atoms with Gasteiger partial charge < -0.3 is 10.6 Å². The Balaban J connectivity index is 1.53. The lowest BCUT2D eigenvalue weighted by Gasteiger charge is -2.26. The molecule has 19 heavy (non-hydrogen) atoms. The summed E-state index contributed by atoms with van der Waals surface area (Å²) in [7, 11) is 0. The highest BCUT2D eigenvalue weighted by atomic mass is 16.1. The van der Waals surface area contributed by atoms with Crippen molar-refractivity contribution in [3.8, 4) is 0 Å². The van der Waals surface area contributed by atoms with Gasteiger partial charge in [-0.1, -0.05) is 32.6 Å². The Hall–Kier alpha value is -0.570. The van der Waals surface area contributed by atoms with Crippen molar-refractivity contribution in [2.24, 2.45) is 17.8 Å². The summed E-state index contributed by atoms with van der Waals surface area (Å²) in [5.41, 5.74) is 0. The van der Waals surface area contributed by atoms with Crippen LogP contribution in [0.4, 0.5) is 0 Å².